The number of anilines is 9. The second-order valence-electron chi connectivity index (χ2n) is 13.2. The van der Waals surface area contributed by atoms with Crippen molar-refractivity contribution in [3.05, 3.63) is 176 Å². The molecule has 238 valence electrons. The van der Waals surface area contributed by atoms with E-state index >= 15 is 0 Å². The first kappa shape index (κ1) is 28.6. The number of fused-ring (bicyclic) bond motifs is 8. The molecule has 6 heteroatoms. The van der Waals surface area contributed by atoms with Gasteiger partial charge >= 0.3 is 0 Å². The van der Waals surface area contributed by atoms with Gasteiger partial charge in [-0.25, -0.2) is 0 Å². The largest absolute Gasteiger partial charge is 0.309 e. The molecule has 4 nitrogen and oxygen atoms in total. The summed E-state index contributed by atoms with van der Waals surface area (Å²) in [5.41, 5.74) is 15.2. The van der Waals surface area contributed by atoms with Gasteiger partial charge in [0.15, 0.2) is 0 Å². The Morgan fingerprint density at radius 3 is 1.78 bits per heavy atom. The molecule has 0 atom stereocenters. The SMILES string of the molecule is c1ccc(N2c3ccccc3N(c3cccc4cccnc34)c3cc4c5c(c32)N(c2ccccc2)c2ccccc2B5c2ccccc2S4)cc1. The van der Waals surface area contributed by atoms with Crippen LogP contribution >= 0.6 is 11.8 Å². The van der Waals surface area contributed by atoms with Crippen LogP contribution in [0.25, 0.3) is 10.9 Å². The van der Waals surface area contributed by atoms with E-state index in [0.717, 1.165) is 50.7 Å². The number of aromatic nitrogens is 1. The van der Waals surface area contributed by atoms with Crippen molar-refractivity contribution in [3.8, 4) is 0 Å². The van der Waals surface area contributed by atoms with Crippen molar-refractivity contribution in [2.45, 2.75) is 9.79 Å². The highest BCUT2D eigenvalue weighted by Crippen LogP contribution is 2.60. The van der Waals surface area contributed by atoms with Crippen LogP contribution in [0, 0.1) is 0 Å². The predicted octanol–water partition coefficient (Wildman–Crippen LogP) is 10.3. The van der Waals surface area contributed by atoms with Gasteiger partial charge in [-0.1, -0.05) is 120 Å². The number of para-hydroxylation sites is 6. The van der Waals surface area contributed by atoms with Crippen molar-refractivity contribution in [1.29, 1.82) is 0 Å². The van der Waals surface area contributed by atoms with Gasteiger partial charge in [0.2, 0.25) is 6.71 Å². The Labute approximate surface area is 301 Å². The molecule has 7 aromatic carbocycles. The minimum atomic E-state index is 0.0800. The van der Waals surface area contributed by atoms with Crippen LogP contribution in [-0.2, 0) is 0 Å². The van der Waals surface area contributed by atoms with E-state index in [2.05, 4.69) is 178 Å². The van der Waals surface area contributed by atoms with Gasteiger partial charge in [0, 0.05) is 38.4 Å². The number of rotatable bonds is 3. The molecule has 0 fully saturated rings. The van der Waals surface area contributed by atoms with E-state index in [-0.39, 0.29) is 6.71 Å². The standard InChI is InChI=1S/C45H29BN4S/c1-3-17-31(18-4-1)48-35-23-9-7-21-33(35)46-34-22-8-12-27-40(34)51-41-29-39-44(45(48)42(41)46)49(32-19-5-2-6-20-32)36-24-10-11-25-37(36)50(39)38-26-13-15-30-16-14-28-47-43(30)38/h1-29H. The molecular weight excluding hydrogens is 639 g/mol. The maximum atomic E-state index is 4.98. The summed E-state index contributed by atoms with van der Waals surface area (Å²) in [5, 5.41) is 1.11. The fourth-order valence-corrected chi connectivity index (χ4v) is 9.57. The van der Waals surface area contributed by atoms with Gasteiger partial charge in [-0.3, -0.25) is 4.98 Å². The van der Waals surface area contributed by atoms with Crippen molar-refractivity contribution in [2.75, 3.05) is 14.7 Å². The molecule has 4 heterocycles. The van der Waals surface area contributed by atoms with Crippen molar-refractivity contribution >= 4 is 97.0 Å². The predicted molar refractivity (Wildman–Crippen MR) is 215 cm³/mol. The molecule has 3 aliphatic rings. The van der Waals surface area contributed by atoms with E-state index in [1.165, 1.54) is 37.6 Å². The van der Waals surface area contributed by atoms with E-state index in [1.54, 1.807) is 0 Å². The molecule has 0 saturated heterocycles. The smallest absolute Gasteiger partial charge is 0.249 e. The summed E-state index contributed by atoms with van der Waals surface area (Å²) in [4.78, 5) is 15.0. The minimum absolute atomic E-state index is 0.0800. The third-order valence-corrected chi connectivity index (χ3v) is 11.6. The molecule has 0 aliphatic carbocycles. The van der Waals surface area contributed by atoms with Crippen LogP contribution in [0.4, 0.5) is 51.2 Å². The van der Waals surface area contributed by atoms with Crippen LogP contribution < -0.4 is 31.1 Å². The van der Waals surface area contributed by atoms with Gasteiger partial charge in [0.05, 0.1) is 39.6 Å². The Kier molecular flexibility index (Phi) is 6.24. The number of hydrogen-bond donors (Lipinski definition) is 0. The minimum Gasteiger partial charge on any atom is -0.309 e. The zero-order valence-electron chi connectivity index (χ0n) is 27.5. The Morgan fingerprint density at radius 1 is 0.431 bits per heavy atom. The molecule has 1 aromatic heterocycles. The molecule has 51 heavy (non-hydrogen) atoms. The summed E-state index contributed by atoms with van der Waals surface area (Å²) < 4.78 is 0. The quantitative estimate of drug-likeness (QED) is 0.174. The third kappa shape index (κ3) is 4.14. The van der Waals surface area contributed by atoms with E-state index in [4.69, 9.17) is 4.98 Å². The molecule has 0 unspecified atom stereocenters. The topological polar surface area (TPSA) is 22.6 Å². The molecule has 0 N–H and O–H groups in total. The first-order valence-corrected chi connectivity index (χ1v) is 18.2. The van der Waals surface area contributed by atoms with Crippen LogP contribution in [-0.4, -0.2) is 11.7 Å². The summed E-state index contributed by atoms with van der Waals surface area (Å²) in [5.74, 6) is 0. The van der Waals surface area contributed by atoms with Gasteiger partial charge < -0.3 is 14.7 Å². The number of nitrogens with zero attached hydrogens (tertiary/aromatic N) is 4. The van der Waals surface area contributed by atoms with Crippen LogP contribution in [0.5, 0.6) is 0 Å². The molecule has 0 spiro atoms. The van der Waals surface area contributed by atoms with E-state index < -0.39 is 0 Å². The molecule has 0 saturated carbocycles. The second-order valence-corrected chi connectivity index (χ2v) is 14.2. The third-order valence-electron chi connectivity index (χ3n) is 10.4. The molecule has 8 aromatic rings. The zero-order chi connectivity index (χ0) is 33.5. The fourth-order valence-electron chi connectivity index (χ4n) is 8.39. The van der Waals surface area contributed by atoms with Crippen LogP contribution in [0.3, 0.4) is 0 Å². The lowest BCUT2D eigenvalue weighted by molar-refractivity contribution is 1.14. The van der Waals surface area contributed by atoms with E-state index in [1.807, 2.05) is 24.0 Å². The van der Waals surface area contributed by atoms with Gasteiger partial charge in [-0.05, 0) is 77.7 Å². The Morgan fingerprint density at radius 2 is 1.02 bits per heavy atom. The van der Waals surface area contributed by atoms with Crippen molar-refractivity contribution in [3.63, 3.8) is 0 Å². The van der Waals surface area contributed by atoms with E-state index in [9.17, 15) is 0 Å². The molecule has 0 amide bonds. The lowest BCUT2D eigenvalue weighted by Gasteiger charge is -2.47. The summed E-state index contributed by atoms with van der Waals surface area (Å²) in [7, 11) is 0. The average Bonchev–Trinajstić information content (AvgIpc) is 3.20. The highest BCUT2D eigenvalue weighted by molar-refractivity contribution is 8.00. The molecule has 0 bridgehead atoms. The second kappa shape index (κ2) is 11.1. The Hall–Kier alpha value is -6.24. The summed E-state index contributed by atoms with van der Waals surface area (Å²) in [6, 6.07) is 61.6. The zero-order valence-corrected chi connectivity index (χ0v) is 28.3. The molecule has 3 aliphatic heterocycles. The lowest BCUT2D eigenvalue weighted by Crippen LogP contribution is -2.60. The van der Waals surface area contributed by atoms with Gasteiger partial charge in [-0.15, -0.1) is 0 Å². The number of hydrogen-bond acceptors (Lipinski definition) is 5. The van der Waals surface area contributed by atoms with E-state index in [0.29, 0.717) is 0 Å². The summed E-state index contributed by atoms with van der Waals surface area (Å²) >= 11 is 1.89. The van der Waals surface area contributed by atoms with Gasteiger partial charge in [0.25, 0.3) is 0 Å². The first-order chi connectivity index (χ1) is 25.3. The fraction of sp³-hybridized carbons (Fsp3) is 0. The Balaban J connectivity index is 1.33. The van der Waals surface area contributed by atoms with Crippen LogP contribution in [0.15, 0.2) is 186 Å². The normalized spacial score (nSPS) is 13.6. The molecule has 0 radical (unpaired) electrons. The first-order valence-electron chi connectivity index (χ1n) is 17.3. The van der Waals surface area contributed by atoms with Crippen molar-refractivity contribution in [2.24, 2.45) is 0 Å². The van der Waals surface area contributed by atoms with Crippen LogP contribution in [0.2, 0.25) is 0 Å². The summed E-state index contributed by atoms with van der Waals surface area (Å²) in [6.45, 7) is 0.0800. The van der Waals surface area contributed by atoms with Gasteiger partial charge in [0.1, 0.15) is 0 Å². The van der Waals surface area contributed by atoms with Crippen molar-refractivity contribution < 1.29 is 0 Å². The molecule has 11 rings (SSSR count). The van der Waals surface area contributed by atoms with Crippen LogP contribution in [0.1, 0.15) is 0 Å². The highest BCUT2D eigenvalue weighted by Gasteiger charge is 2.46. The highest BCUT2D eigenvalue weighted by atomic mass is 32.2. The van der Waals surface area contributed by atoms with Gasteiger partial charge in [-0.2, -0.15) is 0 Å². The monoisotopic (exact) mass is 668 g/mol. The molecular formula is C45H29BN4S. The Bertz CT molecular complexity index is 2660. The average molecular weight is 669 g/mol. The summed E-state index contributed by atoms with van der Waals surface area (Å²) in [6.07, 6.45) is 1.90. The maximum absolute atomic E-state index is 4.98. The maximum Gasteiger partial charge on any atom is 0.249 e. The number of benzene rings is 7. The lowest BCUT2D eigenvalue weighted by atomic mass is 9.34. The van der Waals surface area contributed by atoms with Crippen molar-refractivity contribution in [1.82, 2.24) is 4.98 Å². The number of pyridine rings is 1.